The van der Waals surface area contributed by atoms with Crippen molar-refractivity contribution in [3.8, 4) is 0 Å². The van der Waals surface area contributed by atoms with Crippen LogP contribution in [0, 0.1) is 0 Å². The van der Waals surface area contributed by atoms with Crippen molar-refractivity contribution in [2.24, 2.45) is 0 Å². The molecule has 4 aromatic carbocycles. The summed E-state index contributed by atoms with van der Waals surface area (Å²) in [6, 6.07) is 29.9. The molecule has 1 nitrogen and oxygen atoms in total. The largest absolute Gasteiger partial charge is 0.489 e. The zero-order valence-electron chi connectivity index (χ0n) is 14.3. The van der Waals surface area contributed by atoms with Gasteiger partial charge in [-0.15, -0.1) is 0 Å². The van der Waals surface area contributed by atoms with E-state index in [1.807, 2.05) is 6.08 Å². The van der Waals surface area contributed by atoms with Gasteiger partial charge in [0.15, 0.2) is 0 Å². The van der Waals surface area contributed by atoms with Gasteiger partial charge in [0.05, 0.1) is 6.26 Å². The van der Waals surface area contributed by atoms with Crippen LogP contribution in [0.2, 0.25) is 0 Å². The molecule has 0 radical (unpaired) electrons. The first-order chi connectivity index (χ1) is 12.9. The Labute approximate surface area is 152 Å². The number of rotatable bonds is 2. The van der Waals surface area contributed by atoms with E-state index in [0.717, 1.165) is 0 Å². The molecule has 26 heavy (non-hydrogen) atoms. The topological polar surface area (TPSA) is 9.23 Å². The second kappa shape index (κ2) is 6.20. The highest BCUT2D eigenvalue weighted by molar-refractivity contribution is 5.96. The third-order valence-electron chi connectivity index (χ3n) is 5.06. The number of benzene rings is 4. The summed E-state index contributed by atoms with van der Waals surface area (Å²) in [5.74, 6) is 0. The van der Waals surface area contributed by atoms with Crippen molar-refractivity contribution in [2.45, 2.75) is 6.10 Å². The second-order valence-electron chi connectivity index (χ2n) is 6.56. The van der Waals surface area contributed by atoms with E-state index in [4.69, 9.17) is 4.74 Å². The molecule has 0 saturated heterocycles. The van der Waals surface area contributed by atoms with Gasteiger partial charge in [-0.05, 0) is 33.2 Å². The Kier molecular flexibility index (Phi) is 3.57. The molecular weight excluding hydrogens is 316 g/mol. The average Bonchev–Trinajstić information content (AvgIpc) is 2.73. The van der Waals surface area contributed by atoms with Gasteiger partial charge in [-0.25, -0.2) is 0 Å². The zero-order chi connectivity index (χ0) is 17.3. The summed E-state index contributed by atoms with van der Waals surface area (Å²) in [6.45, 7) is 0. The molecule has 0 saturated carbocycles. The van der Waals surface area contributed by atoms with E-state index in [1.54, 1.807) is 6.26 Å². The molecule has 0 amide bonds. The van der Waals surface area contributed by atoms with Crippen LogP contribution in [0.5, 0.6) is 0 Å². The first-order valence-electron chi connectivity index (χ1n) is 8.90. The van der Waals surface area contributed by atoms with Crippen LogP contribution in [0.4, 0.5) is 0 Å². The summed E-state index contributed by atoms with van der Waals surface area (Å²) < 4.78 is 6.14. The van der Waals surface area contributed by atoms with Crippen LogP contribution in [0.15, 0.2) is 103 Å². The molecule has 5 rings (SSSR count). The predicted molar refractivity (Wildman–Crippen MR) is 109 cm³/mol. The Morgan fingerprint density at radius 3 is 2.12 bits per heavy atom. The smallest absolute Gasteiger partial charge is 0.149 e. The van der Waals surface area contributed by atoms with E-state index < -0.39 is 0 Å². The minimum Gasteiger partial charge on any atom is -0.489 e. The molecule has 0 spiro atoms. The van der Waals surface area contributed by atoms with Crippen LogP contribution in [0.3, 0.4) is 0 Å². The van der Waals surface area contributed by atoms with Crippen LogP contribution < -0.4 is 0 Å². The lowest BCUT2D eigenvalue weighted by Gasteiger charge is -2.25. The quantitative estimate of drug-likeness (QED) is 0.398. The predicted octanol–water partition coefficient (Wildman–Crippen LogP) is 6.66. The monoisotopic (exact) mass is 334 g/mol. The molecule has 0 N–H and O–H groups in total. The van der Waals surface area contributed by atoms with Crippen molar-refractivity contribution < 1.29 is 4.74 Å². The maximum Gasteiger partial charge on any atom is 0.149 e. The molecule has 0 fully saturated rings. The van der Waals surface area contributed by atoms with E-state index in [-0.39, 0.29) is 6.10 Å². The van der Waals surface area contributed by atoms with Crippen molar-refractivity contribution in [3.63, 3.8) is 0 Å². The van der Waals surface area contributed by atoms with Gasteiger partial charge in [0.25, 0.3) is 0 Å². The molecule has 0 bridgehead atoms. The van der Waals surface area contributed by atoms with Crippen LogP contribution in [-0.4, -0.2) is 0 Å². The summed E-state index contributed by atoms with van der Waals surface area (Å²) in [6.07, 6.45) is 5.84. The molecule has 124 valence electrons. The lowest BCUT2D eigenvalue weighted by molar-refractivity contribution is 0.196. The van der Waals surface area contributed by atoms with Crippen molar-refractivity contribution in [2.75, 3.05) is 0 Å². The van der Waals surface area contributed by atoms with E-state index in [1.165, 1.54) is 38.2 Å². The maximum atomic E-state index is 6.14. The summed E-state index contributed by atoms with van der Waals surface area (Å²) in [5.41, 5.74) is 3.62. The second-order valence-corrected chi connectivity index (χ2v) is 6.56. The Hall–Kier alpha value is -3.32. The third-order valence-corrected chi connectivity index (χ3v) is 5.06. The van der Waals surface area contributed by atoms with E-state index in [9.17, 15) is 0 Å². The zero-order valence-corrected chi connectivity index (χ0v) is 14.3. The standard InChI is InChI=1S/C25H18O/c1-3-12-20-18(8-1)10-5-14-22(20)24-16-7-17-26-25(24)23-15-6-11-19-9-2-4-13-21(19)23/h1-17,25H. The van der Waals surface area contributed by atoms with Gasteiger partial charge >= 0.3 is 0 Å². The Bertz CT molecular complexity index is 1160. The SMILES string of the molecule is C1=COC(c2cccc3ccccc23)C(c2cccc3ccccc23)=C1. The highest BCUT2D eigenvalue weighted by Crippen LogP contribution is 2.40. The molecule has 1 aliphatic heterocycles. The first kappa shape index (κ1) is 15.0. The summed E-state index contributed by atoms with van der Waals surface area (Å²) in [7, 11) is 0. The van der Waals surface area contributed by atoms with Gasteiger partial charge in [0.1, 0.15) is 6.10 Å². The Morgan fingerprint density at radius 2 is 1.27 bits per heavy atom. The highest BCUT2D eigenvalue weighted by atomic mass is 16.5. The third kappa shape index (κ3) is 2.41. The van der Waals surface area contributed by atoms with Gasteiger partial charge in [0, 0.05) is 11.1 Å². The van der Waals surface area contributed by atoms with Crippen molar-refractivity contribution >= 4 is 27.1 Å². The van der Waals surface area contributed by atoms with Gasteiger partial charge < -0.3 is 4.74 Å². The van der Waals surface area contributed by atoms with Crippen LogP contribution in [0.1, 0.15) is 17.2 Å². The summed E-state index contributed by atoms with van der Waals surface area (Å²) in [4.78, 5) is 0. The van der Waals surface area contributed by atoms with Gasteiger partial charge in [-0.2, -0.15) is 0 Å². The van der Waals surface area contributed by atoms with Crippen LogP contribution in [0.25, 0.3) is 27.1 Å². The maximum absolute atomic E-state index is 6.14. The molecule has 1 aliphatic rings. The van der Waals surface area contributed by atoms with Crippen molar-refractivity contribution in [3.05, 3.63) is 114 Å². The van der Waals surface area contributed by atoms with Crippen molar-refractivity contribution in [1.29, 1.82) is 0 Å². The number of hydrogen-bond acceptors (Lipinski definition) is 1. The van der Waals surface area contributed by atoms with Crippen LogP contribution >= 0.6 is 0 Å². The number of fused-ring (bicyclic) bond motifs is 2. The molecular formula is C25H18O. The van der Waals surface area contributed by atoms with E-state index in [2.05, 4.69) is 91.0 Å². The average molecular weight is 334 g/mol. The Morgan fingerprint density at radius 1 is 0.615 bits per heavy atom. The fraction of sp³-hybridized carbons (Fsp3) is 0.0400. The molecule has 1 heterocycles. The van der Waals surface area contributed by atoms with E-state index >= 15 is 0 Å². The normalized spacial score (nSPS) is 16.5. The van der Waals surface area contributed by atoms with Gasteiger partial charge in [-0.3, -0.25) is 0 Å². The summed E-state index contributed by atoms with van der Waals surface area (Å²) >= 11 is 0. The fourth-order valence-corrected chi connectivity index (χ4v) is 3.86. The lowest BCUT2D eigenvalue weighted by Crippen LogP contribution is -2.07. The number of hydrogen-bond donors (Lipinski definition) is 0. The first-order valence-corrected chi connectivity index (χ1v) is 8.90. The minimum atomic E-state index is -0.114. The van der Waals surface area contributed by atoms with Crippen LogP contribution in [-0.2, 0) is 4.74 Å². The number of allylic oxidation sites excluding steroid dienone is 2. The number of ether oxygens (including phenoxy) is 1. The molecule has 0 aromatic heterocycles. The molecule has 4 aromatic rings. The fourth-order valence-electron chi connectivity index (χ4n) is 3.86. The van der Waals surface area contributed by atoms with Gasteiger partial charge in [0.2, 0.25) is 0 Å². The molecule has 1 heteroatoms. The molecule has 1 atom stereocenters. The lowest BCUT2D eigenvalue weighted by atomic mass is 9.88. The van der Waals surface area contributed by atoms with E-state index in [0.29, 0.717) is 0 Å². The molecule has 0 aliphatic carbocycles. The van der Waals surface area contributed by atoms with Crippen molar-refractivity contribution in [1.82, 2.24) is 0 Å². The molecule has 1 unspecified atom stereocenters. The highest BCUT2D eigenvalue weighted by Gasteiger charge is 2.23. The summed E-state index contributed by atoms with van der Waals surface area (Å²) in [5, 5.41) is 4.98. The Balaban J connectivity index is 1.72. The van der Waals surface area contributed by atoms with Gasteiger partial charge in [-0.1, -0.05) is 91.0 Å². The minimum absolute atomic E-state index is 0.114.